The molecule has 0 amide bonds. The summed E-state index contributed by atoms with van der Waals surface area (Å²) >= 11 is 0. The van der Waals surface area contributed by atoms with Crippen LogP contribution < -0.4 is 5.32 Å². The number of hydrogen-bond acceptors (Lipinski definition) is 2. The molecule has 0 bridgehead atoms. The summed E-state index contributed by atoms with van der Waals surface area (Å²) in [6.45, 7) is 2.16. The van der Waals surface area contributed by atoms with Crippen molar-refractivity contribution in [1.82, 2.24) is 9.88 Å². The van der Waals surface area contributed by atoms with Gasteiger partial charge >= 0.3 is 0 Å². The third-order valence-electron chi connectivity index (χ3n) is 3.07. The zero-order chi connectivity index (χ0) is 12.6. The minimum Gasteiger partial charge on any atom is -0.347 e. The number of ketones is 1. The van der Waals surface area contributed by atoms with Crippen molar-refractivity contribution in [2.75, 3.05) is 13.6 Å². The SMILES string of the molecule is CNCC(=O)c1c(C)n(C)c2cc(F)ccc12. The van der Waals surface area contributed by atoms with E-state index in [1.807, 2.05) is 18.5 Å². The lowest BCUT2D eigenvalue weighted by Crippen LogP contribution is -2.19. The van der Waals surface area contributed by atoms with Gasteiger partial charge in [-0.25, -0.2) is 4.39 Å². The lowest BCUT2D eigenvalue weighted by atomic mass is 10.1. The first-order valence-corrected chi connectivity index (χ1v) is 5.48. The number of carbonyl (C=O) groups excluding carboxylic acids is 1. The third kappa shape index (κ3) is 1.85. The van der Waals surface area contributed by atoms with Crippen molar-refractivity contribution >= 4 is 16.7 Å². The highest BCUT2D eigenvalue weighted by molar-refractivity contribution is 6.10. The molecule has 2 aromatic rings. The Bertz CT molecular complexity index is 587. The maximum Gasteiger partial charge on any atom is 0.179 e. The Balaban J connectivity index is 2.71. The second-order valence-electron chi connectivity index (χ2n) is 4.13. The number of nitrogens with one attached hydrogen (secondary N) is 1. The summed E-state index contributed by atoms with van der Waals surface area (Å²) in [5.41, 5.74) is 2.30. The molecule has 1 aromatic carbocycles. The van der Waals surface area contributed by atoms with Gasteiger partial charge in [0, 0.05) is 23.7 Å². The van der Waals surface area contributed by atoms with Crippen molar-refractivity contribution in [2.45, 2.75) is 6.92 Å². The standard InChI is InChI=1S/C13H15FN2O/c1-8-13(12(17)7-15-2)10-5-4-9(14)6-11(10)16(8)3/h4-6,15H,7H2,1-3H3. The van der Waals surface area contributed by atoms with Crippen LogP contribution >= 0.6 is 0 Å². The van der Waals surface area contributed by atoms with Gasteiger partial charge in [-0.2, -0.15) is 0 Å². The zero-order valence-corrected chi connectivity index (χ0v) is 10.2. The van der Waals surface area contributed by atoms with Gasteiger partial charge in [0.1, 0.15) is 5.82 Å². The highest BCUT2D eigenvalue weighted by Gasteiger charge is 2.17. The Hall–Kier alpha value is -1.68. The Kier molecular flexibility index (Phi) is 2.98. The minimum absolute atomic E-state index is 0.0298. The molecule has 0 saturated heterocycles. The normalized spacial score (nSPS) is 11.1. The van der Waals surface area contributed by atoms with Crippen molar-refractivity contribution in [2.24, 2.45) is 7.05 Å². The quantitative estimate of drug-likeness (QED) is 0.824. The van der Waals surface area contributed by atoms with Gasteiger partial charge in [-0.15, -0.1) is 0 Å². The average molecular weight is 234 g/mol. The van der Waals surface area contributed by atoms with E-state index in [4.69, 9.17) is 0 Å². The Morgan fingerprint density at radius 1 is 1.47 bits per heavy atom. The number of rotatable bonds is 3. The number of aromatic nitrogens is 1. The largest absolute Gasteiger partial charge is 0.347 e. The molecule has 0 atom stereocenters. The number of benzene rings is 1. The molecule has 4 heteroatoms. The molecule has 17 heavy (non-hydrogen) atoms. The van der Waals surface area contributed by atoms with Crippen LogP contribution in [0.25, 0.3) is 10.9 Å². The molecule has 0 unspecified atom stereocenters. The summed E-state index contributed by atoms with van der Waals surface area (Å²) in [6, 6.07) is 4.51. The molecule has 1 heterocycles. The fourth-order valence-corrected chi connectivity index (χ4v) is 2.14. The van der Waals surface area contributed by atoms with Gasteiger partial charge in [0.2, 0.25) is 0 Å². The molecule has 90 valence electrons. The number of nitrogens with zero attached hydrogens (tertiary/aromatic N) is 1. The number of carbonyl (C=O) groups is 1. The topological polar surface area (TPSA) is 34.0 Å². The van der Waals surface area contributed by atoms with Gasteiger partial charge in [0.25, 0.3) is 0 Å². The number of Topliss-reactive ketones (excluding diaryl/α,β-unsaturated/α-hetero) is 1. The van der Waals surface area contributed by atoms with E-state index in [-0.39, 0.29) is 18.1 Å². The first-order valence-electron chi connectivity index (χ1n) is 5.48. The summed E-state index contributed by atoms with van der Waals surface area (Å²) < 4.78 is 15.0. The smallest absolute Gasteiger partial charge is 0.179 e. The van der Waals surface area contributed by atoms with Crippen LogP contribution in [0, 0.1) is 12.7 Å². The van der Waals surface area contributed by atoms with Gasteiger partial charge in [-0.05, 0) is 32.2 Å². The molecular formula is C13H15FN2O. The van der Waals surface area contributed by atoms with E-state index in [1.165, 1.54) is 12.1 Å². The molecule has 0 aliphatic heterocycles. The van der Waals surface area contributed by atoms with E-state index in [0.29, 0.717) is 5.56 Å². The molecule has 3 nitrogen and oxygen atoms in total. The molecule has 1 aromatic heterocycles. The molecule has 2 rings (SSSR count). The van der Waals surface area contributed by atoms with Crippen molar-refractivity contribution in [1.29, 1.82) is 0 Å². The first kappa shape index (κ1) is 11.8. The average Bonchev–Trinajstić information content (AvgIpc) is 2.53. The van der Waals surface area contributed by atoms with Crippen molar-refractivity contribution in [3.63, 3.8) is 0 Å². The van der Waals surface area contributed by atoms with Gasteiger partial charge in [-0.1, -0.05) is 0 Å². The lowest BCUT2D eigenvalue weighted by Gasteiger charge is -2.01. The second kappa shape index (κ2) is 4.30. The highest BCUT2D eigenvalue weighted by Crippen LogP contribution is 2.25. The van der Waals surface area contributed by atoms with E-state index in [9.17, 15) is 9.18 Å². The molecule has 0 saturated carbocycles. The van der Waals surface area contributed by atoms with E-state index in [2.05, 4.69) is 5.32 Å². The fourth-order valence-electron chi connectivity index (χ4n) is 2.14. The number of aryl methyl sites for hydroxylation is 1. The first-order chi connectivity index (χ1) is 8.06. The molecule has 0 spiro atoms. The minimum atomic E-state index is -0.286. The monoisotopic (exact) mass is 234 g/mol. The summed E-state index contributed by atoms with van der Waals surface area (Å²) in [5.74, 6) is -0.257. The number of fused-ring (bicyclic) bond motifs is 1. The van der Waals surface area contributed by atoms with Crippen LogP contribution in [0.5, 0.6) is 0 Å². The van der Waals surface area contributed by atoms with Crippen molar-refractivity contribution in [3.05, 3.63) is 35.3 Å². The van der Waals surface area contributed by atoms with Gasteiger partial charge in [0.05, 0.1) is 12.1 Å². The molecule has 0 aliphatic carbocycles. The van der Waals surface area contributed by atoms with Crippen LogP contribution in [0.3, 0.4) is 0 Å². The lowest BCUT2D eigenvalue weighted by molar-refractivity contribution is 0.0994. The van der Waals surface area contributed by atoms with Crippen LogP contribution in [0.4, 0.5) is 4.39 Å². The van der Waals surface area contributed by atoms with Crippen LogP contribution in [-0.2, 0) is 7.05 Å². The fraction of sp³-hybridized carbons (Fsp3) is 0.308. The second-order valence-corrected chi connectivity index (χ2v) is 4.13. The van der Waals surface area contributed by atoms with E-state index < -0.39 is 0 Å². The van der Waals surface area contributed by atoms with E-state index in [1.54, 1.807) is 13.1 Å². The predicted molar refractivity (Wildman–Crippen MR) is 65.9 cm³/mol. The van der Waals surface area contributed by atoms with Gasteiger partial charge < -0.3 is 9.88 Å². The summed E-state index contributed by atoms with van der Waals surface area (Å²) in [4.78, 5) is 12.0. The molecule has 0 fully saturated rings. The third-order valence-corrected chi connectivity index (χ3v) is 3.07. The molecular weight excluding hydrogens is 219 g/mol. The van der Waals surface area contributed by atoms with E-state index in [0.717, 1.165) is 16.6 Å². The number of halogens is 1. The number of hydrogen-bond donors (Lipinski definition) is 1. The van der Waals surface area contributed by atoms with Crippen LogP contribution in [0.2, 0.25) is 0 Å². The van der Waals surface area contributed by atoms with Gasteiger partial charge in [0.15, 0.2) is 5.78 Å². The Labute approximate surface area is 99.2 Å². The summed E-state index contributed by atoms with van der Waals surface area (Å²) in [6.07, 6.45) is 0. The Morgan fingerprint density at radius 2 is 2.18 bits per heavy atom. The van der Waals surface area contributed by atoms with Gasteiger partial charge in [-0.3, -0.25) is 4.79 Å². The highest BCUT2D eigenvalue weighted by atomic mass is 19.1. The summed E-state index contributed by atoms with van der Waals surface area (Å²) in [5, 5.41) is 3.66. The molecule has 0 aliphatic rings. The maximum absolute atomic E-state index is 13.2. The van der Waals surface area contributed by atoms with Crippen LogP contribution in [0.15, 0.2) is 18.2 Å². The molecule has 0 radical (unpaired) electrons. The summed E-state index contributed by atoms with van der Waals surface area (Å²) in [7, 11) is 3.57. The zero-order valence-electron chi connectivity index (χ0n) is 10.2. The van der Waals surface area contributed by atoms with Crippen molar-refractivity contribution < 1.29 is 9.18 Å². The van der Waals surface area contributed by atoms with Crippen LogP contribution in [0.1, 0.15) is 16.1 Å². The Morgan fingerprint density at radius 3 is 2.82 bits per heavy atom. The molecule has 1 N–H and O–H groups in total. The number of likely N-dealkylation sites (N-methyl/N-ethyl adjacent to an activating group) is 1. The van der Waals surface area contributed by atoms with Crippen molar-refractivity contribution in [3.8, 4) is 0 Å². The van der Waals surface area contributed by atoms with Crippen LogP contribution in [-0.4, -0.2) is 23.9 Å². The predicted octanol–water partition coefficient (Wildman–Crippen LogP) is 2.03. The van der Waals surface area contributed by atoms with E-state index >= 15 is 0 Å². The maximum atomic E-state index is 13.2.